The van der Waals surface area contributed by atoms with Gasteiger partial charge in [0, 0.05) is 30.6 Å². The van der Waals surface area contributed by atoms with E-state index in [-0.39, 0.29) is 29.1 Å². The lowest BCUT2D eigenvalue weighted by atomic mass is 9.76. The molecular formula is C14H28N2O2. The first kappa shape index (κ1) is 15.4. The number of carbonyl (C=O) groups excluding carboxylic acids is 1. The number of rotatable bonds is 3. The number of likely N-dealkylation sites (tertiary alicyclic amines) is 1. The van der Waals surface area contributed by atoms with Crippen molar-refractivity contribution in [2.75, 3.05) is 6.54 Å². The van der Waals surface area contributed by atoms with Gasteiger partial charge in [-0.15, -0.1) is 0 Å². The van der Waals surface area contributed by atoms with Gasteiger partial charge >= 0.3 is 0 Å². The molecule has 1 aliphatic heterocycles. The molecule has 0 aromatic rings. The Bertz CT molecular complexity index is 293. The number of carbonyl (C=O) groups is 1. The van der Waals surface area contributed by atoms with E-state index in [4.69, 9.17) is 0 Å². The number of piperidine rings is 1. The second kappa shape index (κ2) is 5.17. The zero-order valence-corrected chi connectivity index (χ0v) is 12.6. The summed E-state index contributed by atoms with van der Waals surface area (Å²) in [4.78, 5) is 13.6. The van der Waals surface area contributed by atoms with Crippen molar-refractivity contribution in [3.8, 4) is 0 Å². The maximum Gasteiger partial charge on any atom is 0.217 e. The largest absolute Gasteiger partial charge is 0.392 e. The summed E-state index contributed by atoms with van der Waals surface area (Å²) >= 11 is 0. The fourth-order valence-electron chi connectivity index (χ4n) is 3.47. The van der Waals surface area contributed by atoms with Gasteiger partial charge in [-0.05, 0) is 47.5 Å². The monoisotopic (exact) mass is 256 g/mol. The molecule has 1 rings (SSSR count). The first-order valence-electron chi connectivity index (χ1n) is 6.77. The lowest BCUT2D eigenvalue weighted by Gasteiger charge is -2.55. The zero-order chi connectivity index (χ0) is 14.1. The molecule has 0 saturated carbocycles. The number of aliphatic hydroxyl groups is 1. The van der Waals surface area contributed by atoms with Crippen LogP contribution in [0, 0.1) is 0 Å². The smallest absolute Gasteiger partial charge is 0.217 e. The van der Waals surface area contributed by atoms with Crippen molar-refractivity contribution < 1.29 is 9.90 Å². The van der Waals surface area contributed by atoms with Crippen LogP contribution < -0.4 is 5.32 Å². The number of nitrogens with one attached hydrogen (secondary N) is 1. The van der Waals surface area contributed by atoms with E-state index in [0.717, 1.165) is 12.8 Å². The van der Waals surface area contributed by atoms with Crippen LogP contribution in [-0.4, -0.2) is 45.7 Å². The van der Waals surface area contributed by atoms with Gasteiger partial charge in [-0.1, -0.05) is 0 Å². The van der Waals surface area contributed by atoms with Crippen LogP contribution in [0.1, 0.15) is 54.4 Å². The van der Waals surface area contributed by atoms with Gasteiger partial charge in [0.15, 0.2) is 0 Å². The number of hydrogen-bond acceptors (Lipinski definition) is 3. The van der Waals surface area contributed by atoms with Gasteiger partial charge in [-0.2, -0.15) is 0 Å². The Morgan fingerprint density at radius 2 is 1.78 bits per heavy atom. The third-order valence-corrected chi connectivity index (χ3v) is 3.81. The quantitative estimate of drug-likeness (QED) is 0.805. The van der Waals surface area contributed by atoms with Crippen molar-refractivity contribution in [2.45, 2.75) is 77.6 Å². The van der Waals surface area contributed by atoms with E-state index in [2.05, 4.69) is 37.9 Å². The summed E-state index contributed by atoms with van der Waals surface area (Å²) in [6.45, 7) is 12.8. The minimum absolute atomic E-state index is 0.0220. The molecule has 4 heteroatoms. The molecule has 1 heterocycles. The topological polar surface area (TPSA) is 52.6 Å². The minimum Gasteiger partial charge on any atom is -0.392 e. The fourth-order valence-corrected chi connectivity index (χ4v) is 3.47. The van der Waals surface area contributed by atoms with E-state index in [9.17, 15) is 9.90 Å². The summed E-state index contributed by atoms with van der Waals surface area (Å²) in [6.07, 6.45) is 1.51. The molecule has 1 amide bonds. The van der Waals surface area contributed by atoms with E-state index in [1.807, 2.05) is 6.92 Å². The van der Waals surface area contributed by atoms with E-state index in [0.29, 0.717) is 6.54 Å². The van der Waals surface area contributed by atoms with Crippen LogP contribution in [0.4, 0.5) is 0 Å². The molecular weight excluding hydrogens is 228 g/mol. The van der Waals surface area contributed by atoms with Crippen LogP contribution >= 0.6 is 0 Å². The van der Waals surface area contributed by atoms with Gasteiger partial charge in [0.25, 0.3) is 0 Å². The van der Waals surface area contributed by atoms with E-state index < -0.39 is 0 Å². The Morgan fingerprint density at radius 3 is 2.11 bits per heavy atom. The summed E-state index contributed by atoms with van der Waals surface area (Å²) < 4.78 is 0. The molecule has 106 valence electrons. The molecule has 1 aliphatic rings. The predicted molar refractivity (Wildman–Crippen MR) is 73.4 cm³/mol. The van der Waals surface area contributed by atoms with Crippen molar-refractivity contribution in [1.29, 1.82) is 0 Å². The summed E-state index contributed by atoms with van der Waals surface area (Å²) in [5, 5.41) is 12.7. The highest BCUT2D eigenvalue weighted by atomic mass is 16.3. The molecule has 0 aromatic carbocycles. The van der Waals surface area contributed by atoms with Gasteiger partial charge in [0.1, 0.15) is 0 Å². The highest BCUT2D eigenvalue weighted by Crippen LogP contribution is 2.38. The fraction of sp³-hybridized carbons (Fsp3) is 0.929. The lowest BCUT2D eigenvalue weighted by Crippen LogP contribution is -2.65. The standard InChI is InChI=1S/C14H28N2O2/c1-10(17)9-16-13(3,4)7-12(15-11(2)18)8-14(16,5)6/h10,12,17H,7-9H2,1-6H3,(H,15,18). The molecule has 1 atom stereocenters. The predicted octanol–water partition coefficient (Wildman–Crippen LogP) is 1.52. The second-order valence-corrected chi connectivity index (χ2v) is 6.89. The molecule has 0 radical (unpaired) electrons. The molecule has 0 spiro atoms. The molecule has 18 heavy (non-hydrogen) atoms. The summed E-state index contributed by atoms with van der Waals surface area (Å²) in [5.41, 5.74) is -0.0439. The van der Waals surface area contributed by atoms with Gasteiger partial charge in [0.05, 0.1) is 6.10 Å². The molecule has 1 unspecified atom stereocenters. The van der Waals surface area contributed by atoms with E-state index in [1.54, 1.807) is 6.92 Å². The Labute approximate surface area is 111 Å². The van der Waals surface area contributed by atoms with Crippen LogP contribution in [0.2, 0.25) is 0 Å². The average molecular weight is 256 g/mol. The van der Waals surface area contributed by atoms with Crippen LogP contribution in [0.25, 0.3) is 0 Å². The third-order valence-electron chi connectivity index (χ3n) is 3.81. The van der Waals surface area contributed by atoms with Gasteiger partial charge < -0.3 is 10.4 Å². The molecule has 2 N–H and O–H groups in total. The normalized spacial score (nSPS) is 25.7. The van der Waals surface area contributed by atoms with Gasteiger partial charge in [-0.3, -0.25) is 9.69 Å². The van der Waals surface area contributed by atoms with Crippen molar-refractivity contribution in [1.82, 2.24) is 10.2 Å². The van der Waals surface area contributed by atoms with Crippen LogP contribution in [0.15, 0.2) is 0 Å². The second-order valence-electron chi connectivity index (χ2n) is 6.89. The minimum atomic E-state index is -0.333. The Morgan fingerprint density at radius 1 is 1.33 bits per heavy atom. The van der Waals surface area contributed by atoms with Crippen LogP contribution in [0.5, 0.6) is 0 Å². The number of nitrogens with zero attached hydrogens (tertiary/aromatic N) is 1. The average Bonchev–Trinajstić information content (AvgIpc) is 2.08. The van der Waals surface area contributed by atoms with Crippen molar-refractivity contribution in [2.24, 2.45) is 0 Å². The highest BCUT2D eigenvalue weighted by molar-refractivity contribution is 5.73. The number of β-amino-alcohol motifs (C(OH)–C–C–N with tert-alkyl or cyclic N) is 1. The van der Waals surface area contributed by atoms with Crippen molar-refractivity contribution in [3.05, 3.63) is 0 Å². The first-order valence-corrected chi connectivity index (χ1v) is 6.77. The SMILES string of the molecule is CC(=O)NC1CC(C)(C)N(CC(C)O)C(C)(C)C1. The van der Waals surface area contributed by atoms with Gasteiger partial charge in [-0.25, -0.2) is 0 Å². The van der Waals surface area contributed by atoms with Gasteiger partial charge in [0.2, 0.25) is 5.91 Å². The summed E-state index contributed by atoms with van der Waals surface area (Å²) in [5.74, 6) is 0.0376. The molecule has 0 aromatic heterocycles. The Balaban J connectivity index is 2.87. The molecule has 1 fully saturated rings. The number of aliphatic hydroxyl groups excluding tert-OH is 1. The molecule has 4 nitrogen and oxygen atoms in total. The zero-order valence-electron chi connectivity index (χ0n) is 12.6. The number of amides is 1. The Hall–Kier alpha value is -0.610. The van der Waals surface area contributed by atoms with Crippen LogP contribution in [0.3, 0.4) is 0 Å². The van der Waals surface area contributed by atoms with Crippen molar-refractivity contribution in [3.63, 3.8) is 0 Å². The third kappa shape index (κ3) is 3.69. The van der Waals surface area contributed by atoms with E-state index in [1.165, 1.54) is 0 Å². The Kier molecular flexibility index (Phi) is 4.44. The molecule has 0 aliphatic carbocycles. The maximum absolute atomic E-state index is 11.2. The summed E-state index contributed by atoms with van der Waals surface area (Å²) in [6, 6.07) is 0.220. The number of hydrogen-bond donors (Lipinski definition) is 2. The molecule has 0 bridgehead atoms. The van der Waals surface area contributed by atoms with Crippen LogP contribution in [-0.2, 0) is 4.79 Å². The summed E-state index contributed by atoms with van der Waals surface area (Å²) in [7, 11) is 0. The highest BCUT2D eigenvalue weighted by Gasteiger charge is 2.45. The van der Waals surface area contributed by atoms with E-state index >= 15 is 0 Å². The lowest BCUT2D eigenvalue weighted by molar-refractivity contribution is -0.122. The first-order chi connectivity index (χ1) is 8.04. The van der Waals surface area contributed by atoms with Crippen molar-refractivity contribution >= 4 is 5.91 Å². The maximum atomic E-state index is 11.2. The molecule has 1 saturated heterocycles.